The summed E-state index contributed by atoms with van der Waals surface area (Å²) in [5.41, 5.74) is 4.31. The van der Waals surface area contributed by atoms with Gasteiger partial charge in [-0.15, -0.1) is 0 Å². The molecule has 2 saturated heterocycles. The smallest absolute Gasteiger partial charge is 0.172 e. The van der Waals surface area contributed by atoms with Crippen LogP contribution in [0.5, 0.6) is 0 Å². The molecule has 9 heteroatoms. The summed E-state index contributed by atoms with van der Waals surface area (Å²) in [5.74, 6) is 0.623. The molecule has 0 unspecified atom stereocenters. The van der Waals surface area contributed by atoms with Crippen LogP contribution >= 0.6 is 0 Å². The van der Waals surface area contributed by atoms with Crippen LogP contribution in [0.4, 0.5) is 5.82 Å². The summed E-state index contributed by atoms with van der Waals surface area (Å²) in [6, 6.07) is 0. The lowest BCUT2D eigenvalue weighted by Crippen LogP contribution is -2.30. The van der Waals surface area contributed by atoms with Crippen LogP contribution in [0.1, 0.15) is 13.2 Å². The molecule has 0 amide bonds. The fraction of sp³-hybridized carbons (Fsp3) is 0.583. The van der Waals surface area contributed by atoms with Crippen LogP contribution in [-0.2, 0) is 4.74 Å². The van der Waals surface area contributed by atoms with Crippen LogP contribution in [0.2, 0.25) is 0 Å². The molecule has 0 radical (unpaired) electrons. The number of nitrogens with zero attached hydrogens (tertiary/aromatic N) is 5. The van der Waals surface area contributed by atoms with E-state index in [1.165, 1.54) is 6.33 Å². The van der Waals surface area contributed by atoms with E-state index < -0.39 is 24.5 Å². The normalized spacial score (nSPS) is 32.7. The number of rotatable bonds is 3. The van der Waals surface area contributed by atoms with E-state index in [1.807, 2.05) is 5.01 Å². The standard InChI is InChI=1S/C12H16N6O3/c1-6-8(19)9(20)12(21-6)18-5-15-7-10(16-17-2-3-17)13-4-14-11(7)18/h4-6,8-9,12,19-20H,2-3H2,1H3,(H,13,14,16)/t6-,8-,9-,12-/m1/s1. The van der Waals surface area contributed by atoms with Crippen molar-refractivity contribution in [3.63, 3.8) is 0 Å². The van der Waals surface area contributed by atoms with Gasteiger partial charge in [-0.1, -0.05) is 0 Å². The maximum absolute atomic E-state index is 10.1. The third kappa shape index (κ3) is 2.05. The van der Waals surface area contributed by atoms with Gasteiger partial charge in [0.1, 0.15) is 18.5 Å². The SMILES string of the molecule is C[C@H]1O[C@@H](n2cnc3c(NN4CC4)ncnc32)[C@H](O)[C@@H]1O. The fourth-order valence-corrected chi connectivity index (χ4v) is 2.49. The summed E-state index contributed by atoms with van der Waals surface area (Å²) in [7, 11) is 0. The zero-order chi connectivity index (χ0) is 14.6. The molecule has 0 aliphatic carbocycles. The number of nitrogens with one attached hydrogen (secondary N) is 1. The second kappa shape index (κ2) is 4.60. The molecule has 2 aromatic rings. The maximum Gasteiger partial charge on any atom is 0.172 e. The first-order chi connectivity index (χ1) is 10.1. The van der Waals surface area contributed by atoms with Crippen molar-refractivity contribution in [3.05, 3.63) is 12.7 Å². The number of aliphatic hydroxyl groups is 2. The largest absolute Gasteiger partial charge is 0.388 e. The summed E-state index contributed by atoms with van der Waals surface area (Å²) in [5, 5.41) is 21.9. The molecule has 0 bridgehead atoms. The Hall–Kier alpha value is -1.81. The van der Waals surface area contributed by atoms with Gasteiger partial charge in [-0.3, -0.25) is 4.57 Å². The molecule has 21 heavy (non-hydrogen) atoms. The Bertz CT molecular complexity index is 672. The van der Waals surface area contributed by atoms with Crippen molar-refractivity contribution in [2.24, 2.45) is 0 Å². The van der Waals surface area contributed by atoms with Gasteiger partial charge < -0.3 is 20.4 Å². The second-order valence-electron chi connectivity index (χ2n) is 5.36. The van der Waals surface area contributed by atoms with Crippen molar-refractivity contribution in [2.45, 2.75) is 31.5 Å². The predicted octanol–water partition coefficient (Wildman–Crippen LogP) is -0.892. The number of hydrogen-bond acceptors (Lipinski definition) is 8. The highest BCUT2D eigenvalue weighted by atomic mass is 16.6. The van der Waals surface area contributed by atoms with E-state index in [0.717, 1.165) is 13.1 Å². The summed E-state index contributed by atoms with van der Waals surface area (Å²) in [4.78, 5) is 12.7. The van der Waals surface area contributed by atoms with Gasteiger partial charge in [0.15, 0.2) is 23.2 Å². The lowest BCUT2D eigenvalue weighted by molar-refractivity contribution is -0.0299. The number of anilines is 1. The first-order valence-electron chi connectivity index (χ1n) is 6.86. The van der Waals surface area contributed by atoms with Crippen LogP contribution < -0.4 is 5.43 Å². The van der Waals surface area contributed by atoms with E-state index in [0.29, 0.717) is 17.0 Å². The van der Waals surface area contributed by atoms with E-state index in [2.05, 4.69) is 20.4 Å². The van der Waals surface area contributed by atoms with Crippen molar-refractivity contribution >= 4 is 17.0 Å². The molecule has 112 valence electrons. The average Bonchev–Trinajstić information content (AvgIpc) is 3.13. The monoisotopic (exact) mass is 292 g/mol. The predicted molar refractivity (Wildman–Crippen MR) is 72.1 cm³/mol. The lowest BCUT2D eigenvalue weighted by Gasteiger charge is -2.16. The Morgan fingerprint density at radius 1 is 1.24 bits per heavy atom. The molecule has 2 aliphatic rings. The van der Waals surface area contributed by atoms with Gasteiger partial charge >= 0.3 is 0 Å². The van der Waals surface area contributed by atoms with Crippen molar-refractivity contribution in [1.29, 1.82) is 0 Å². The zero-order valence-corrected chi connectivity index (χ0v) is 11.4. The number of fused-ring (bicyclic) bond motifs is 1. The lowest BCUT2D eigenvalue weighted by atomic mass is 10.1. The Kier molecular flexibility index (Phi) is 2.82. The van der Waals surface area contributed by atoms with E-state index in [-0.39, 0.29) is 0 Å². The van der Waals surface area contributed by atoms with Crippen molar-refractivity contribution < 1.29 is 14.9 Å². The minimum atomic E-state index is -1.02. The van der Waals surface area contributed by atoms with Crippen LogP contribution in [0.25, 0.3) is 11.2 Å². The zero-order valence-electron chi connectivity index (χ0n) is 11.4. The first-order valence-corrected chi connectivity index (χ1v) is 6.86. The highest BCUT2D eigenvalue weighted by Crippen LogP contribution is 2.32. The Morgan fingerprint density at radius 3 is 2.71 bits per heavy atom. The summed E-state index contributed by atoms with van der Waals surface area (Å²) >= 11 is 0. The van der Waals surface area contributed by atoms with E-state index in [9.17, 15) is 10.2 Å². The van der Waals surface area contributed by atoms with Crippen LogP contribution in [0.15, 0.2) is 12.7 Å². The third-order valence-electron chi connectivity index (χ3n) is 3.82. The van der Waals surface area contributed by atoms with E-state index >= 15 is 0 Å². The fourth-order valence-electron chi connectivity index (χ4n) is 2.49. The molecule has 2 fully saturated rings. The van der Waals surface area contributed by atoms with Crippen LogP contribution in [-0.4, -0.2) is 66.1 Å². The Morgan fingerprint density at radius 2 is 2.05 bits per heavy atom. The topological polar surface area (TPSA) is 108 Å². The van der Waals surface area contributed by atoms with Crippen molar-refractivity contribution in [1.82, 2.24) is 24.5 Å². The molecule has 0 saturated carbocycles. The first kappa shape index (κ1) is 12.9. The molecule has 0 aromatic carbocycles. The molecule has 2 aromatic heterocycles. The summed E-state index contributed by atoms with van der Waals surface area (Å²) in [6.45, 7) is 3.66. The van der Waals surface area contributed by atoms with Crippen molar-refractivity contribution in [3.8, 4) is 0 Å². The third-order valence-corrected chi connectivity index (χ3v) is 3.82. The molecule has 4 atom stereocenters. The quantitative estimate of drug-likeness (QED) is 0.625. The van der Waals surface area contributed by atoms with Gasteiger partial charge in [0, 0.05) is 13.1 Å². The molecule has 2 aliphatic heterocycles. The van der Waals surface area contributed by atoms with Gasteiger partial charge in [0.05, 0.1) is 12.4 Å². The highest BCUT2D eigenvalue weighted by Gasteiger charge is 2.42. The molecule has 4 rings (SSSR count). The van der Waals surface area contributed by atoms with Crippen LogP contribution in [0, 0.1) is 0 Å². The van der Waals surface area contributed by atoms with Gasteiger partial charge in [-0.05, 0) is 6.92 Å². The maximum atomic E-state index is 10.1. The second-order valence-corrected chi connectivity index (χ2v) is 5.36. The Labute approximate surface area is 120 Å². The van der Waals surface area contributed by atoms with Gasteiger partial charge in [0.25, 0.3) is 0 Å². The van der Waals surface area contributed by atoms with E-state index in [4.69, 9.17) is 4.74 Å². The van der Waals surface area contributed by atoms with Gasteiger partial charge in [-0.25, -0.2) is 20.0 Å². The Balaban J connectivity index is 1.73. The van der Waals surface area contributed by atoms with Crippen LogP contribution in [0.3, 0.4) is 0 Å². The minimum absolute atomic E-state index is 0.445. The number of hydrogen-bond donors (Lipinski definition) is 3. The van der Waals surface area contributed by atoms with Crippen molar-refractivity contribution in [2.75, 3.05) is 18.5 Å². The molecular weight excluding hydrogens is 276 g/mol. The molecule has 0 spiro atoms. The molecular formula is C12H16N6O3. The summed E-state index contributed by atoms with van der Waals surface area (Å²) < 4.78 is 7.23. The number of imidazole rings is 1. The van der Waals surface area contributed by atoms with Gasteiger partial charge in [0.2, 0.25) is 0 Å². The highest BCUT2D eigenvalue weighted by molar-refractivity contribution is 5.82. The van der Waals surface area contributed by atoms with Gasteiger partial charge in [-0.2, -0.15) is 0 Å². The number of aromatic nitrogens is 4. The number of hydrazine groups is 1. The molecule has 3 N–H and O–H groups in total. The number of aliphatic hydroxyl groups excluding tert-OH is 2. The molecule has 9 nitrogen and oxygen atoms in total. The summed E-state index contributed by atoms with van der Waals surface area (Å²) in [6.07, 6.45) is -0.109. The number of ether oxygens (including phenoxy) is 1. The average molecular weight is 292 g/mol. The van der Waals surface area contributed by atoms with E-state index in [1.54, 1.807) is 17.8 Å². The minimum Gasteiger partial charge on any atom is -0.388 e. The molecule has 4 heterocycles.